The fourth-order valence-corrected chi connectivity index (χ4v) is 6.14. The Morgan fingerprint density at radius 1 is 1.27 bits per heavy atom. The van der Waals surface area contributed by atoms with Crippen molar-refractivity contribution < 1.29 is 13.2 Å². The molecule has 1 aromatic carbocycles. The highest BCUT2D eigenvalue weighted by Gasteiger charge is 2.46. The second-order valence-electron chi connectivity index (χ2n) is 8.37. The summed E-state index contributed by atoms with van der Waals surface area (Å²) in [6.07, 6.45) is 5.34. The Labute approximate surface area is 177 Å². The molecule has 1 fully saturated rings. The monoisotopic (exact) mass is 429 g/mol. The highest BCUT2D eigenvalue weighted by molar-refractivity contribution is 7.89. The van der Waals surface area contributed by atoms with Crippen molar-refractivity contribution >= 4 is 27.6 Å². The Bertz CT molecular complexity index is 1080. The van der Waals surface area contributed by atoms with Gasteiger partial charge < -0.3 is 10.2 Å². The summed E-state index contributed by atoms with van der Waals surface area (Å²) in [6, 6.07) is 6.44. The molecule has 4 rings (SSSR count). The molecule has 1 aromatic heterocycles. The number of aromatic nitrogens is 2. The quantitative estimate of drug-likeness (QED) is 0.800. The van der Waals surface area contributed by atoms with E-state index in [1.165, 1.54) is 13.0 Å². The average molecular weight is 430 g/mol. The van der Waals surface area contributed by atoms with E-state index in [2.05, 4.69) is 10.3 Å². The average Bonchev–Trinajstić information content (AvgIpc) is 3.05. The van der Waals surface area contributed by atoms with Crippen LogP contribution in [0.5, 0.6) is 0 Å². The molecule has 1 aliphatic carbocycles. The van der Waals surface area contributed by atoms with Crippen LogP contribution in [0.4, 0.5) is 11.6 Å². The van der Waals surface area contributed by atoms with Crippen LogP contribution < -0.4 is 10.2 Å². The van der Waals surface area contributed by atoms with Crippen LogP contribution in [0.2, 0.25) is 0 Å². The minimum atomic E-state index is -3.68. The number of aryl methyl sites for hydroxylation is 1. The van der Waals surface area contributed by atoms with Gasteiger partial charge in [-0.25, -0.2) is 18.4 Å². The van der Waals surface area contributed by atoms with Crippen molar-refractivity contribution in [2.24, 2.45) is 0 Å². The number of nitrogens with zero attached hydrogens (tertiary/aromatic N) is 4. The zero-order valence-corrected chi connectivity index (χ0v) is 18.4. The molecule has 9 heteroatoms. The maximum absolute atomic E-state index is 13.4. The van der Waals surface area contributed by atoms with Gasteiger partial charge in [0.05, 0.1) is 10.6 Å². The summed E-state index contributed by atoms with van der Waals surface area (Å²) in [6.45, 7) is 2.29. The lowest BCUT2D eigenvalue weighted by Crippen LogP contribution is -2.47. The first-order chi connectivity index (χ1) is 14.2. The number of piperidine rings is 1. The molecule has 1 saturated heterocycles. The van der Waals surface area contributed by atoms with Gasteiger partial charge >= 0.3 is 0 Å². The fraction of sp³-hybridized carbons (Fsp3) is 0.476. The standard InChI is InChI=1S/C21H27N5O3S/c1-15(27)23-17-6-4-7-18(12-17)30(28,29)26-11-5-9-21(14-26)10-8-16-13-22-20(25(2)3)24-19(16)21/h4,6-7,12-13H,5,8-11,14H2,1-3H3,(H,23,27). The first-order valence-electron chi connectivity index (χ1n) is 10.1. The smallest absolute Gasteiger partial charge is 0.243 e. The Kier molecular flexibility index (Phi) is 5.27. The predicted molar refractivity (Wildman–Crippen MR) is 115 cm³/mol. The number of amides is 1. The van der Waals surface area contributed by atoms with Crippen LogP contribution in [0.25, 0.3) is 0 Å². The lowest BCUT2D eigenvalue weighted by atomic mass is 9.78. The first-order valence-corrected chi connectivity index (χ1v) is 11.6. The van der Waals surface area contributed by atoms with Crippen LogP contribution in [0, 0.1) is 0 Å². The number of rotatable bonds is 4. The summed E-state index contributed by atoms with van der Waals surface area (Å²) in [4.78, 5) is 22.7. The van der Waals surface area contributed by atoms with E-state index in [1.54, 1.807) is 22.5 Å². The Morgan fingerprint density at radius 3 is 2.80 bits per heavy atom. The minimum absolute atomic E-state index is 0.195. The molecule has 30 heavy (non-hydrogen) atoms. The number of hydrogen-bond acceptors (Lipinski definition) is 6. The zero-order chi connectivity index (χ0) is 21.5. The summed E-state index contributed by atoms with van der Waals surface area (Å²) in [5.41, 5.74) is 2.31. The van der Waals surface area contributed by atoms with E-state index in [0.29, 0.717) is 24.7 Å². The van der Waals surface area contributed by atoms with E-state index in [4.69, 9.17) is 4.98 Å². The molecular formula is C21H27N5O3S. The van der Waals surface area contributed by atoms with E-state index >= 15 is 0 Å². The molecular weight excluding hydrogens is 402 g/mol. The largest absolute Gasteiger partial charge is 0.347 e. The Balaban J connectivity index is 1.66. The molecule has 1 unspecified atom stereocenters. The summed E-state index contributed by atoms with van der Waals surface area (Å²) in [5, 5.41) is 2.66. The second-order valence-corrected chi connectivity index (χ2v) is 10.3. The molecule has 1 atom stereocenters. The number of sulfonamides is 1. The molecule has 1 spiro atoms. The molecule has 2 heterocycles. The molecule has 160 valence electrons. The van der Waals surface area contributed by atoms with Gasteiger partial charge in [-0.3, -0.25) is 4.79 Å². The van der Waals surface area contributed by atoms with E-state index in [9.17, 15) is 13.2 Å². The van der Waals surface area contributed by atoms with Crippen LogP contribution in [-0.4, -0.2) is 55.8 Å². The van der Waals surface area contributed by atoms with Gasteiger partial charge in [0.15, 0.2) is 0 Å². The summed E-state index contributed by atoms with van der Waals surface area (Å²) >= 11 is 0. The third-order valence-electron chi connectivity index (χ3n) is 5.96. The number of carbonyl (C=O) groups is 1. The number of anilines is 2. The SMILES string of the molecule is CC(=O)Nc1cccc(S(=O)(=O)N2CCCC3(CCc4cnc(N(C)C)nc43)C2)c1. The zero-order valence-electron chi connectivity index (χ0n) is 17.6. The number of fused-ring (bicyclic) bond motifs is 2. The molecule has 0 bridgehead atoms. The van der Waals surface area contributed by atoms with Crippen LogP contribution in [0.15, 0.2) is 35.4 Å². The van der Waals surface area contributed by atoms with E-state index < -0.39 is 10.0 Å². The van der Waals surface area contributed by atoms with Gasteiger partial charge in [-0.15, -0.1) is 0 Å². The lowest BCUT2D eigenvalue weighted by molar-refractivity contribution is -0.114. The maximum Gasteiger partial charge on any atom is 0.243 e. The fourth-order valence-electron chi connectivity index (χ4n) is 4.53. The molecule has 1 amide bonds. The summed E-state index contributed by atoms with van der Waals surface area (Å²) < 4.78 is 28.4. The van der Waals surface area contributed by atoms with Crippen molar-refractivity contribution in [2.45, 2.75) is 42.9 Å². The number of benzene rings is 1. The van der Waals surface area contributed by atoms with Gasteiger partial charge in [-0.05, 0) is 49.4 Å². The molecule has 1 aliphatic heterocycles. The van der Waals surface area contributed by atoms with Crippen molar-refractivity contribution in [1.82, 2.24) is 14.3 Å². The third kappa shape index (κ3) is 3.67. The van der Waals surface area contributed by atoms with Crippen molar-refractivity contribution in [1.29, 1.82) is 0 Å². The van der Waals surface area contributed by atoms with Crippen molar-refractivity contribution in [2.75, 3.05) is 37.4 Å². The normalized spacial score (nSPS) is 21.4. The van der Waals surface area contributed by atoms with E-state index in [-0.39, 0.29) is 16.2 Å². The molecule has 2 aliphatic rings. The van der Waals surface area contributed by atoms with Gasteiger partial charge in [0, 0.05) is 51.4 Å². The van der Waals surface area contributed by atoms with Crippen LogP contribution >= 0.6 is 0 Å². The van der Waals surface area contributed by atoms with E-state index in [1.807, 2.05) is 25.2 Å². The molecule has 0 saturated carbocycles. The number of nitrogens with one attached hydrogen (secondary N) is 1. The van der Waals surface area contributed by atoms with Crippen LogP contribution in [0.1, 0.15) is 37.4 Å². The first kappa shape index (κ1) is 20.7. The van der Waals surface area contributed by atoms with Gasteiger partial charge in [-0.1, -0.05) is 6.07 Å². The molecule has 2 aromatic rings. The highest BCUT2D eigenvalue weighted by Crippen LogP contribution is 2.45. The van der Waals surface area contributed by atoms with Crippen molar-refractivity contribution in [3.05, 3.63) is 41.7 Å². The number of carbonyl (C=O) groups excluding carboxylic acids is 1. The van der Waals surface area contributed by atoms with Crippen LogP contribution in [0.3, 0.4) is 0 Å². The topological polar surface area (TPSA) is 95.5 Å². The summed E-state index contributed by atoms with van der Waals surface area (Å²) in [5.74, 6) is 0.415. The Morgan fingerprint density at radius 2 is 2.07 bits per heavy atom. The number of hydrogen-bond donors (Lipinski definition) is 1. The third-order valence-corrected chi connectivity index (χ3v) is 7.80. The molecule has 1 N–H and O–H groups in total. The Hall–Kier alpha value is -2.52. The van der Waals surface area contributed by atoms with Gasteiger partial charge in [0.25, 0.3) is 0 Å². The minimum Gasteiger partial charge on any atom is -0.347 e. The predicted octanol–water partition coefficient (Wildman–Crippen LogP) is 2.17. The highest BCUT2D eigenvalue weighted by atomic mass is 32.2. The lowest BCUT2D eigenvalue weighted by Gasteiger charge is -2.39. The van der Waals surface area contributed by atoms with E-state index in [0.717, 1.165) is 36.9 Å². The van der Waals surface area contributed by atoms with Gasteiger partial charge in [0.2, 0.25) is 21.9 Å². The van der Waals surface area contributed by atoms with Crippen molar-refractivity contribution in [3.8, 4) is 0 Å². The van der Waals surface area contributed by atoms with Gasteiger partial charge in [0.1, 0.15) is 0 Å². The summed E-state index contributed by atoms with van der Waals surface area (Å²) in [7, 11) is 0.127. The maximum atomic E-state index is 13.4. The van der Waals surface area contributed by atoms with Crippen LogP contribution in [-0.2, 0) is 26.7 Å². The van der Waals surface area contributed by atoms with Gasteiger partial charge in [-0.2, -0.15) is 4.31 Å². The second kappa shape index (κ2) is 7.63. The molecule has 8 nitrogen and oxygen atoms in total. The molecule has 0 radical (unpaired) electrons. The van der Waals surface area contributed by atoms with Crippen molar-refractivity contribution in [3.63, 3.8) is 0 Å².